The normalized spacial score (nSPS) is 16.9. The Morgan fingerprint density at radius 2 is 1.93 bits per heavy atom. The number of rotatable bonds is 7. The van der Waals surface area contributed by atoms with Gasteiger partial charge in [0.15, 0.2) is 0 Å². The van der Waals surface area contributed by atoms with Crippen LogP contribution in [0.3, 0.4) is 0 Å². The van der Waals surface area contributed by atoms with Crippen LogP contribution in [0.4, 0.5) is 0 Å². The standard InChI is InChI=1S/C22H30N2O5S/c1-5-13(3)28-22(27)18-14(4)17-19(30-18)23-12-24(20(17)25)16(6-2)21(26)29-15-10-8-7-9-11-15/h12-13,15-16H,5-11H2,1-4H3. The minimum absolute atomic E-state index is 0.0718. The first-order valence-electron chi connectivity index (χ1n) is 10.8. The lowest BCUT2D eigenvalue weighted by molar-refractivity contribution is -0.154. The minimum Gasteiger partial charge on any atom is -0.461 e. The minimum atomic E-state index is -0.730. The second-order valence-corrected chi connectivity index (χ2v) is 8.94. The van der Waals surface area contributed by atoms with Gasteiger partial charge in [-0.3, -0.25) is 9.36 Å². The SMILES string of the molecule is CCC(C)OC(=O)c1sc2ncn(C(CC)C(=O)OC3CCCCC3)c(=O)c2c1C. The molecule has 164 valence electrons. The van der Waals surface area contributed by atoms with Gasteiger partial charge in [0, 0.05) is 0 Å². The van der Waals surface area contributed by atoms with E-state index in [1.165, 1.54) is 17.3 Å². The summed E-state index contributed by atoms with van der Waals surface area (Å²) in [4.78, 5) is 43.8. The van der Waals surface area contributed by atoms with Crippen molar-refractivity contribution in [2.45, 2.75) is 90.9 Å². The Balaban J connectivity index is 1.91. The van der Waals surface area contributed by atoms with E-state index < -0.39 is 18.0 Å². The third-order valence-electron chi connectivity index (χ3n) is 5.77. The molecule has 2 atom stereocenters. The van der Waals surface area contributed by atoms with Gasteiger partial charge in [-0.15, -0.1) is 11.3 Å². The maximum absolute atomic E-state index is 13.2. The highest BCUT2D eigenvalue weighted by molar-refractivity contribution is 7.20. The number of aryl methyl sites for hydroxylation is 1. The summed E-state index contributed by atoms with van der Waals surface area (Å²) in [5.74, 6) is -0.837. The van der Waals surface area contributed by atoms with Crippen molar-refractivity contribution < 1.29 is 19.1 Å². The molecule has 1 fully saturated rings. The van der Waals surface area contributed by atoms with E-state index in [9.17, 15) is 14.4 Å². The van der Waals surface area contributed by atoms with Crippen LogP contribution in [0, 0.1) is 6.92 Å². The van der Waals surface area contributed by atoms with Gasteiger partial charge >= 0.3 is 11.9 Å². The van der Waals surface area contributed by atoms with Crippen molar-refractivity contribution >= 4 is 33.5 Å². The number of esters is 2. The molecule has 2 unspecified atom stereocenters. The Kier molecular flexibility index (Phi) is 7.28. The molecular weight excluding hydrogens is 404 g/mol. The van der Waals surface area contributed by atoms with E-state index in [-0.39, 0.29) is 17.8 Å². The van der Waals surface area contributed by atoms with Crippen LogP contribution in [0.25, 0.3) is 10.2 Å². The quantitative estimate of drug-likeness (QED) is 0.594. The molecule has 30 heavy (non-hydrogen) atoms. The first-order chi connectivity index (χ1) is 14.4. The molecule has 2 heterocycles. The number of hydrogen-bond donors (Lipinski definition) is 0. The first-order valence-corrected chi connectivity index (χ1v) is 11.6. The topological polar surface area (TPSA) is 87.5 Å². The third-order valence-corrected chi connectivity index (χ3v) is 6.95. The molecule has 0 spiro atoms. The summed E-state index contributed by atoms with van der Waals surface area (Å²) in [5, 5.41) is 0.363. The van der Waals surface area contributed by atoms with Crippen LogP contribution in [0.2, 0.25) is 0 Å². The molecule has 0 saturated heterocycles. The highest BCUT2D eigenvalue weighted by atomic mass is 32.1. The largest absolute Gasteiger partial charge is 0.461 e. The van der Waals surface area contributed by atoms with E-state index >= 15 is 0 Å². The number of nitrogens with zero attached hydrogens (tertiary/aromatic N) is 2. The second-order valence-electron chi connectivity index (χ2n) is 7.94. The lowest BCUT2D eigenvalue weighted by Gasteiger charge is -2.25. The zero-order valence-electron chi connectivity index (χ0n) is 18.1. The molecule has 2 aromatic heterocycles. The third kappa shape index (κ3) is 4.58. The van der Waals surface area contributed by atoms with Gasteiger partial charge in [0.1, 0.15) is 21.9 Å². The van der Waals surface area contributed by atoms with Crippen LogP contribution >= 0.6 is 11.3 Å². The Labute approximate surface area is 180 Å². The zero-order valence-corrected chi connectivity index (χ0v) is 18.9. The van der Waals surface area contributed by atoms with Crippen molar-refractivity contribution in [2.24, 2.45) is 0 Å². The fourth-order valence-corrected chi connectivity index (χ4v) is 4.80. The van der Waals surface area contributed by atoms with Crippen molar-refractivity contribution in [3.8, 4) is 0 Å². The van der Waals surface area contributed by atoms with Crippen LogP contribution in [-0.2, 0) is 14.3 Å². The van der Waals surface area contributed by atoms with Crippen molar-refractivity contribution in [1.82, 2.24) is 9.55 Å². The highest BCUT2D eigenvalue weighted by Gasteiger charge is 2.28. The van der Waals surface area contributed by atoms with Crippen LogP contribution in [0.1, 0.15) is 87.0 Å². The number of ether oxygens (including phenoxy) is 2. The number of thiophene rings is 1. The molecule has 2 aromatic rings. The predicted octanol–water partition coefficient (Wildman–Crippen LogP) is 4.55. The summed E-state index contributed by atoms with van der Waals surface area (Å²) >= 11 is 1.15. The number of hydrogen-bond acceptors (Lipinski definition) is 7. The monoisotopic (exact) mass is 434 g/mol. The van der Waals surface area contributed by atoms with Crippen LogP contribution in [-0.4, -0.2) is 33.7 Å². The van der Waals surface area contributed by atoms with Gasteiger partial charge in [-0.1, -0.05) is 20.3 Å². The Morgan fingerprint density at radius 3 is 2.57 bits per heavy atom. The van der Waals surface area contributed by atoms with E-state index in [1.54, 1.807) is 6.92 Å². The Morgan fingerprint density at radius 1 is 1.23 bits per heavy atom. The summed E-state index contributed by atoms with van der Waals surface area (Å²) < 4.78 is 12.5. The average molecular weight is 435 g/mol. The molecule has 0 aromatic carbocycles. The molecular formula is C22H30N2O5S. The molecule has 1 saturated carbocycles. The summed E-state index contributed by atoms with van der Waals surface area (Å²) in [6.45, 7) is 7.34. The number of carbonyl (C=O) groups excluding carboxylic acids is 2. The molecule has 0 N–H and O–H groups in total. The molecule has 7 nitrogen and oxygen atoms in total. The average Bonchev–Trinajstić information content (AvgIpc) is 3.08. The summed E-state index contributed by atoms with van der Waals surface area (Å²) in [6.07, 6.45) is 7.29. The number of fused-ring (bicyclic) bond motifs is 1. The van der Waals surface area contributed by atoms with Crippen molar-refractivity contribution in [1.29, 1.82) is 0 Å². The fraction of sp³-hybridized carbons (Fsp3) is 0.636. The molecule has 3 rings (SSSR count). The van der Waals surface area contributed by atoms with E-state index in [2.05, 4.69) is 4.98 Å². The molecule has 0 aliphatic heterocycles. The van der Waals surface area contributed by atoms with E-state index in [1.807, 2.05) is 20.8 Å². The van der Waals surface area contributed by atoms with Gasteiger partial charge in [-0.2, -0.15) is 0 Å². The first kappa shape index (κ1) is 22.5. The van der Waals surface area contributed by atoms with Gasteiger partial charge in [0.25, 0.3) is 5.56 Å². The van der Waals surface area contributed by atoms with E-state index in [4.69, 9.17) is 9.47 Å². The van der Waals surface area contributed by atoms with Gasteiger partial charge in [0.2, 0.25) is 0 Å². The van der Waals surface area contributed by atoms with E-state index in [0.717, 1.165) is 37.0 Å². The molecule has 0 bridgehead atoms. The van der Waals surface area contributed by atoms with Crippen LogP contribution in [0.15, 0.2) is 11.1 Å². The maximum Gasteiger partial charge on any atom is 0.348 e. The maximum atomic E-state index is 13.2. The summed E-state index contributed by atoms with van der Waals surface area (Å²) in [7, 11) is 0. The lowest BCUT2D eigenvalue weighted by atomic mass is 9.98. The summed E-state index contributed by atoms with van der Waals surface area (Å²) in [5.41, 5.74) is 0.217. The van der Waals surface area contributed by atoms with Gasteiger partial charge in [-0.05, 0) is 57.9 Å². The lowest BCUT2D eigenvalue weighted by Crippen LogP contribution is -2.33. The van der Waals surface area contributed by atoms with Gasteiger partial charge < -0.3 is 9.47 Å². The zero-order chi connectivity index (χ0) is 21.8. The summed E-state index contributed by atoms with van der Waals surface area (Å²) in [6, 6.07) is -0.730. The van der Waals surface area contributed by atoms with Gasteiger partial charge in [0.05, 0.1) is 17.8 Å². The number of aromatic nitrogens is 2. The van der Waals surface area contributed by atoms with E-state index in [0.29, 0.717) is 33.5 Å². The molecule has 0 radical (unpaired) electrons. The van der Waals surface area contributed by atoms with Crippen molar-refractivity contribution in [3.63, 3.8) is 0 Å². The molecule has 1 aliphatic rings. The molecule has 0 amide bonds. The van der Waals surface area contributed by atoms with Gasteiger partial charge in [-0.25, -0.2) is 14.6 Å². The van der Waals surface area contributed by atoms with Crippen LogP contribution in [0.5, 0.6) is 0 Å². The Hall–Kier alpha value is -2.22. The number of carbonyl (C=O) groups is 2. The molecule has 8 heteroatoms. The Bertz CT molecular complexity index is 974. The fourth-order valence-electron chi connectivity index (χ4n) is 3.78. The van der Waals surface area contributed by atoms with Crippen molar-refractivity contribution in [2.75, 3.05) is 0 Å². The second kappa shape index (κ2) is 9.73. The smallest absolute Gasteiger partial charge is 0.348 e. The highest BCUT2D eigenvalue weighted by Crippen LogP contribution is 2.29. The molecule has 1 aliphatic carbocycles. The predicted molar refractivity (Wildman–Crippen MR) is 116 cm³/mol. The van der Waals surface area contributed by atoms with Crippen molar-refractivity contribution in [3.05, 3.63) is 27.1 Å². The van der Waals surface area contributed by atoms with Crippen LogP contribution < -0.4 is 5.56 Å².